The van der Waals surface area contributed by atoms with Crippen molar-refractivity contribution in [2.24, 2.45) is 5.92 Å². The molecule has 0 heterocycles. The Morgan fingerprint density at radius 1 is 1.44 bits per heavy atom. The maximum Gasteiger partial charge on any atom is 0.225 e. The highest BCUT2D eigenvalue weighted by molar-refractivity contribution is 5.78. The van der Waals surface area contributed by atoms with Crippen molar-refractivity contribution in [1.29, 1.82) is 0 Å². The van der Waals surface area contributed by atoms with Gasteiger partial charge in [-0.25, -0.2) is 0 Å². The van der Waals surface area contributed by atoms with Crippen LogP contribution < -0.4 is 0 Å². The maximum atomic E-state index is 12.0. The van der Waals surface area contributed by atoms with Crippen LogP contribution in [0.5, 0.6) is 0 Å². The molecule has 1 atom stereocenters. The Hall–Kier alpha value is -0.570. The molecule has 1 aliphatic carbocycles. The predicted molar refractivity (Wildman–Crippen MR) is 65.1 cm³/mol. The first kappa shape index (κ1) is 13.5. The van der Waals surface area contributed by atoms with E-state index in [9.17, 15) is 9.90 Å². The second-order valence-corrected chi connectivity index (χ2v) is 5.32. The SMILES string of the molecule is CCCC(C)C(=O)N(C)CC1(O)CCCC1. The topological polar surface area (TPSA) is 40.5 Å². The molecule has 0 radical (unpaired) electrons. The van der Waals surface area contributed by atoms with Gasteiger partial charge in [0.1, 0.15) is 0 Å². The summed E-state index contributed by atoms with van der Waals surface area (Å²) < 4.78 is 0. The summed E-state index contributed by atoms with van der Waals surface area (Å²) in [6, 6.07) is 0. The number of carbonyl (C=O) groups is 1. The van der Waals surface area contributed by atoms with Gasteiger partial charge in [-0.2, -0.15) is 0 Å². The minimum absolute atomic E-state index is 0.0833. The number of hydrogen-bond acceptors (Lipinski definition) is 2. The largest absolute Gasteiger partial charge is 0.388 e. The average Bonchev–Trinajstić information content (AvgIpc) is 2.64. The van der Waals surface area contributed by atoms with Gasteiger partial charge in [-0.15, -0.1) is 0 Å². The highest BCUT2D eigenvalue weighted by atomic mass is 16.3. The fraction of sp³-hybridized carbons (Fsp3) is 0.923. The molecular weight excluding hydrogens is 202 g/mol. The molecule has 1 fully saturated rings. The molecule has 0 aromatic heterocycles. The molecule has 16 heavy (non-hydrogen) atoms. The number of amides is 1. The molecule has 1 N–H and O–H groups in total. The molecule has 1 aliphatic rings. The molecule has 1 unspecified atom stereocenters. The smallest absolute Gasteiger partial charge is 0.225 e. The highest BCUT2D eigenvalue weighted by Crippen LogP contribution is 2.30. The van der Waals surface area contributed by atoms with E-state index in [4.69, 9.17) is 0 Å². The van der Waals surface area contributed by atoms with E-state index in [2.05, 4.69) is 6.92 Å². The number of aliphatic hydroxyl groups is 1. The molecule has 1 rings (SSSR count). The standard InChI is InChI=1S/C13H25NO2/c1-4-7-11(2)12(15)14(3)10-13(16)8-5-6-9-13/h11,16H,4-10H2,1-3H3. The summed E-state index contributed by atoms with van der Waals surface area (Å²) >= 11 is 0. The number of rotatable bonds is 5. The molecule has 0 aliphatic heterocycles. The van der Waals surface area contributed by atoms with Crippen LogP contribution in [-0.2, 0) is 4.79 Å². The lowest BCUT2D eigenvalue weighted by Crippen LogP contribution is -2.43. The maximum absolute atomic E-state index is 12.0. The normalized spacial score (nSPS) is 20.8. The fourth-order valence-corrected chi connectivity index (χ4v) is 2.64. The third-order valence-electron chi connectivity index (χ3n) is 3.59. The molecule has 1 saturated carbocycles. The Morgan fingerprint density at radius 3 is 2.50 bits per heavy atom. The molecule has 3 nitrogen and oxygen atoms in total. The lowest BCUT2D eigenvalue weighted by Gasteiger charge is -2.30. The van der Waals surface area contributed by atoms with Crippen LogP contribution in [0.1, 0.15) is 52.4 Å². The number of likely N-dealkylation sites (N-methyl/N-ethyl adjacent to an activating group) is 1. The Balaban J connectivity index is 2.44. The van der Waals surface area contributed by atoms with Crippen molar-refractivity contribution in [2.45, 2.75) is 58.0 Å². The predicted octanol–water partition coefficient (Wildman–Crippen LogP) is 2.19. The minimum Gasteiger partial charge on any atom is -0.388 e. The van der Waals surface area contributed by atoms with Gasteiger partial charge < -0.3 is 10.0 Å². The van der Waals surface area contributed by atoms with Crippen molar-refractivity contribution in [1.82, 2.24) is 4.90 Å². The molecule has 0 aromatic carbocycles. The van der Waals surface area contributed by atoms with Gasteiger partial charge in [0.25, 0.3) is 0 Å². The Labute approximate surface area is 98.8 Å². The van der Waals surface area contributed by atoms with Crippen molar-refractivity contribution in [3.63, 3.8) is 0 Å². The second-order valence-electron chi connectivity index (χ2n) is 5.32. The summed E-state index contributed by atoms with van der Waals surface area (Å²) in [7, 11) is 1.81. The molecule has 0 saturated heterocycles. The first-order valence-corrected chi connectivity index (χ1v) is 6.46. The van der Waals surface area contributed by atoms with Crippen LogP contribution >= 0.6 is 0 Å². The minimum atomic E-state index is -0.615. The van der Waals surface area contributed by atoms with E-state index in [0.29, 0.717) is 6.54 Å². The van der Waals surface area contributed by atoms with Crippen LogP contribution in [0.15, 0.2) is 0 Å². The summed E-state index contributed by atoms with van der Waals surface area (Å²) in [5.41, 5.74) is -0.615. The molecule has 0 spiro atoms. The van der Waals surface area contributed by atoms with E-state index in [1.165, 1.54) is 0 Å². The van der Waals surface area contributed by atoms with Crippen molar-refractivity contribution in [2.75, 3.05) is 13.6 Å². The van der Waals surface area contributed by atoms with Crippen LogP contribution in [0, 0.1) is 5.92 Å². The van der Waals surface area contributed by atoms with Crippen molar-refractivity contribution >= 4 is 5.91 Å². The molecule has 0 bridgehead atoms. The molecule has 94 valence electrons. The number of hydrogen-bond donors (Lipinski definition) is 1. The average molecular weight is 227 g/mol. The summed E-state index contributed by atoms with van der Waals surface area (Å²) in [5, 5.41) is 10.2. The van der Waals surface area contributed by atoms with E-state index < -0.39 is 5.60 Å². The zero-order valence-corrected chi connectivity index (χ0v) is 10.8. The highest BCUT2D eigenvalue weighted by Gasteiger charge is 2.33. The molecule has 0 aromatic rings. The van der Waals surface area contributed by atoms with Gasteiger partial charge in [-0.1, -0.05) is 33.1 Å². The monoisotopic (exact) mass is 227 g/mol. The lowest BCUT2D eigenvalue weighted by molar-refractivity contribution is -0.137. The molecular formula is C13H25NO2. The van der Waals surface area contributed by atoms with Gasteiger partial charge in [0.15, 0.2) is 0 Å². The van der Waals surface area contributed by atoms with Crippen molar-refractivity contribution < 1.29 is 9.90 Å². The van der Waals surface area contributed by atoms with E-state index in [0.717, 1.165) is 38.5 Å². The first-order chi connectivity index (χ1) is 7.48. The Morgan fingerprint density at radius 2 is 2.00 bits per heavy atom. The third-order valence-corrected chi connectivity index (χ3v) is 3.59. The summed E-state index contributed by atoms with van der Waals surface area (Å²) in [4.78, 5) is 13.7. The van der Waals surface area contributed by atoms with Crippen LogP contribution in [-0.4, -0.2) is 35.1 Å². The molecule has 1 amide bonds. The zero-order valence-electron chi connectivity index (χ0n) is 10.8. The summed E-state index contributed by atoms with van der Waals surface area (Å²) in [5.74, 6) is 0.252. The van der Waals surface area contributed by atoms with Crippen LogP contribution in [0.2, 0.25) is 0 Å². The van der Waals surface area contributed by atoms with Gasteiger partial charge in [-0.3, -0.25) is 4.79 Å². The van der Waals surface area contributed by atoms with Crippen LogP contribution in [0.4, 0.5) is 0 Å². The number of nitrogens with zero attached hydrogens (tertiary/aromatic N) is 1. The van der Waals surface area contributed by atoms with E-state index in [-0.39, 0.29) is 11.8 Å². The van der Waals surface area contributed by atoms with E-state index >= 15 is 0 Å². The van der Waals surface area contributed by atoms with Crippen molar-refractivity contribution in [3.8, 4) is 0 Å². The van der Waals surface area contributed by atoms with Crippen molar-refractivity contribution in [3.05, 3.63) is 0 Å². The van der Waals surface area contributed by atoms with E-state index in [1.807, 2.05) is 14.0 Å². The molecule has 3 heteroatoms. The second kappa shape index (κ2) is 5.67. The lowest BCUT2D eigenvalue weighted by atomic mass is 10.00. The van der Waals surface area contributed by atoms with Crippen LogP contribution in [0.3, 0.4) is 0 Å². The number of carbonyl (C=O) groups excluding carboxylic acids is 1. The van der Waals surface area contributed by atoms with Gasteiger partial charge >= 0.3 is 0 Å². The zero-order chi connectivity index (χ0) is 12.2. The van der Waals surface area contributed by atoms with Gasteiger partial charge in [0, 0.05) is 19.5 Å². The fourth-order valence-electron chi connectivity index (χ4n) is 2.64. The van der Waals surface area contributed by atoms with Crippen LogP contribution in [0.25, 0.3) is 0 Å². The summed E-state index contributed by atoms with van der Waals surface area (Å²) in [6.45, 7) is 4.56. The van der Waals surface area contributed by atoms with E-state index in [1.54, 1.807) is 4.90 Å². The third kappa shape index (κ3) is 3.48. The quantitative estimate of drug-likeness (QED) is 0.782. The Bertz CT molecular complexity index is 234. The Kier molecular flexibility index (Phi) is 4.78. The van der Waals surface area contributed by atoms with Gasteiger partial charge in [-0.05, 0) is 19.3 Å². The van der Waals surface area contributed by atoms with Gasteiger partial charge in [0.2, 0.25) is 5.91 Å². The first-order valence-electron chi connectivity index (χ1n) is 6.46. The van der Waals surface area contributed by atoms with Gasteiger partial charge in [0.05, 0.1) is 5.60 Å². The summed E-state index contributed by atoms with van der Waals surface area (Å²) in [6.07, 6.45) is 5.82.